The predicted molar refractivity (Wildman–Crippen MR) is 104 cm³/mol. The summed E-state index contributed by atoms with van der Waals surface area (Å²) in [5, 5.41) is 0. The molecule has 0 radical (unpaired) electrons. The molecule has 0 unspecified atom stereocenters. The van der Waals surface area contributed by atoms with Gasteiger partial charge in [-0.05, 0) is 46.5 Å². The lowest BCUT2D eigenvalue weighted by Crippen LogP contribution is -2.03. The number of methoxy groups -OCH3 is 1. The van der Waals surface area contributed by atoms with Gasteiger partial charge in [0, 0.05) is 0 Å². The molecule has 0 N–H and O–H groups in total. The molecule has 0 aliphatic rings. The van der Waals surface area contributed by atoms with Crippen LogP contribution in [0.3, 0.4) is 0 Å². The molecule has 0 fully saturated rings. The number of nitrogens with zero attached hydrogens (tertiary/aromatic N) is 1. The lowest BCUT2D eigenvalue weighted by Gasteiger charge is -2.10. The zero-order valence-corrected chi connectivity index (χ0v) is 15.0. The standard InChI is InChI=1S/C23H19NO3/c1-24-22-10-6-9-19(14-22)20-11-18(12-21(13-20)23(25)26-2)16-27-15-17-7-4-3-5-8-17/h3-14H,15-16H2,2H3. The second-order valence-corrected chi connectivity index (χ2v) is 6.05. The molecule has 0 saturated carbocycles. The maximum atomic E-state index is 12.1. The minimum atomic E-state index is -0.400. The molecule has 0 aromatic heterocycles. The summed E-state index contributed by atoms with van der Waals surface area (Å²) in [5.74, 6) is -0.400. The predicted octanol–water partition coefficient (Wildman–Crippen LogP) is 5.41. The van der Waals surface area contributed by atoms with Gasteiger partial charge >= 0.3 is 5.97 Å². The van der Waals surface area contributed by atoms with Crippen LogP contribution >= 0.6 is 0 Å². The van der Waals surface area contributed by atoms with Gasteiger partial charge in [-0.15, -0.1) is 0 Å². The van der Waals surface area contributed by atoms with Gasteiger partial charge in [0.05, 0.1) is 32.5 Å². The monoisotopic (exact) mass is 357 g/mol. The third-order valence-corrected chi connectivity index (χ3v) is 4.10. The molecule has 0 amide bonds. The van der Waals surface area contributed by atoms with Crippen LogP contribution in [0.5, 0.6) is 0 Å². The van der Waals surface area contributed by atoms with Crippen LogP contribution in [-0.2, 0) is 22.7 Å². The number of hydrogen-bond acceptors (Lipinski definition) is 3. The maximum Gasteiger partial charge on any atom is 0.337 e. The largest absolute Gasteiger partial charge is 0.465 e. The molecular weight excluding hydrogens is 338 g/mol. The Balaban J connectivity index is 1.86. The highest BCUT2D eigenvalue weighted by Crippen LogP contribution is 2.27. The number of esters is 1. The molecule has 3 aromatic carbocycles. The Labute approximate surface area is 158 Å². The highest BCUT2D eigenvalue weighted by Gasteiger charge is 2.11. The molecule has 4 heteroatoms. The van der Waals surface area contributed by atoms with E-state index in [0.717, 1.165) is 22.3 Å². The van der Waals surface area contributed by atoms with Crippen molar-refractivity contribution >= 4 is 11.7 Å². The lowest BCUT2D eigenvalue weighted by atomic mass is 9.99. The average Bonchev–Trinajstić information content (AvgIpc) is 2.73. The van der Waals surface area contributed by atoms with Crippen LogP contribution in [0.15, 0.2) is 72.8 Å². The third-order valence-electron chi connectivity index (χ3n) is 4.10. The first-order valence-electron chi connectivity index (χ1n) is 8.51. The summed E-state index contributed by atoms with van der Waals surface area (Å²) in [6.45, 7) is 8.05. The zero-order chi connectivity index (χ0) is 19.1. The van der Waals surface area contributed by atoms with Crippen molar-refractivity contribution in [3.05, 3.63) is 101 Å². The van der Waals surface area contributed by atoms with Crippen LogP contribution < -0.4 is 0 Å². The van der Waals surface area contributed by atoms with Gasteiger partial charge in [-0.3, -0.25) is 0 Å². The molecule has 0 aliphatic carbocycles. The summed E-state index contributed by atoms with van der Waals surface area (Å²) in [7, 11) is 1.36. The molecular formula is C23H19NO3. The molecule has 0 saturated heterocycles. The smallest absolute Gasteiger partial charge is 0.337 e. The van der Waals surface area contributed by atoms with E-state index in [2.05, 4.69) is 4.85 Å². The first kappa shape index (κ1) is 18.4. The van der Waals surface area contributed by atoms with Gasteiger partial charge in [-0.1, -0.05) is 48.5 Å². The van der Waals surface area contributed by atoms with Crippen molar-refractivity contribution in [1.29, 1.82) is 0 Å². The van der Waals surface area contributed by atoms with E-state index in [-0.39, 0.29) is 0 Å². The second-order valence-electron chi connectivity index (χ2n) is 6.05. The van der Waals surface area contributed by atoms with Crippen LogP contribution in [0.4, 0.5) is 5.69 Å². The minimum absolute atomic E-state index is 0.370. The molecule has 27 heavy (non-hydrogen) atoms. The fourth-order valence-corrected chi connectivity index (χ4v) is 2.79. The highest BCUT2D eigenvalue weighted by molar-refractivity contribution is 5.91. The summed E-state index contributed by atoms with van der Waals surface area (Å²) in [4.78, 5) is 15.5. The lowest BCUT2D eigenvalue weighted by molar-refractivity contribution is 0.0600. The Kier molecular flexibility index (Phi) is 5.98. The third kappa shape index (κ3) is 4.81. The van der Waals surface area contributed by atoms with Crippen LogP contribution in [0, 0.1) is 6.57 Å². The summed E-state index contributed by atoms with van der Waals surface area (Å²) < 4.78 is 10.7. The Morgan fingerprint density at radius 3 is 2.41 bits per heavy atom. The molecule has 0 heterocycles. The summed E-state index contributed by atoms with van der Waals surface area (Å²) in [6.07, 6.45) is 0. The zero-order valence-electron chi connectivity index (χ0n) is 15.0. The van der Waals surface area contributed by atoms with E-state index in [1.54, 1.807) is 24.3 Å². The Bertz CT molecular complexity index is 974. The maximum absolute atomic E-state index is 12.1. The molecule has 3 rings (SSSR count). The van der Waals surface area contributed by atoms with E-state index in [1.165, 1.54) is 7.11 Å². The van der Waals surface area contributed by atoms with Crippen molar-refractivity contribution in [1.82, 2.24) is 0 Å². The van der Waals surface area contributed by atoms with Crippen LogP contribution in [0.2, 0.25) is 0 Å². The average molecular weight is 357 g/mol. The SMILES string of the molecule is [C-]#[N+]c1cccc(-c2cc(COCc3ccccc3)cc(C(=O)OC)c2)c1. The van der Waals surface area contributed by atoms with Gasteiger partial charge in [0.15, 0.2) is 5.69 Å². The topological polar surface area (TPSA) is 39.9 Å². The van der Waals surface area contributed by atoms with Gasteiger partial charge in [-0.2, -0.15) is 0 Å². The number of hydrogen-bond donors (Lipinski definition) is 0. The van der Waals surface area contributed by atoms with E-state index in [9.17, 15) is 4.79 Å². The van der Waals surface area contributed by atoms with Crippen molar-refractivity contribution < 1.29 is 14.3 Å². The van der Waals surface area contributed by atoms with Crippen molar-refractivity contribution in [2.75, 3.05) is 7.11 Å². The van der Waals surface area contributed by atoms with E-state index < -0.39 is 5.97 Å². The number of carbonyl (C=O) groups excluding carboxylic acids is 1. The number of benzene rings is 3. The van der Waals surface area contributed by atoms with Crippen molar-refractivity contribution in [2.45, 2.75) is 13.2 Å². The first-order chi connectivity index (χ1) is 13.2. The van der Waals surface area contributed by atoms with Crippen LogP contribution in [-0.4, -0.2) is 13.1 Å². The van der Waals surface area contributed by atoms with Crippen LogP contribution in [0.1, 0.15) is 21.5 Å². The molecule has 4 nitrogen and oxygen atoms in total. The van der Waals surface area contributed by atoms with E-state index in [1.807, 2.05) is 48.5 Å². The fraction of sp³-hybridized carbons (Fsp3) is 0.130. The molecule has 0 aliphatic heterocycles. The Morgan fingerprint density at radius 2 is 1.67 bits per heavy atom. The second kappa shape index (κ2) is 8.79. The van der Waals surface area contributed by atoms with Gasteiger partial charge in [0.2, 0.25) is 0 Å². The quantitative estimate of drug-likeness (QED) is 0.437. The van der Waals surface area contributed by atoms with Crippen molar-refractivity contribution in [3.8, 4) is 11.1 Å². The summed E-state index contributed by atoms with van der Waals surface area (Å²) >= 11 is 0. The van der Waals surface area contributed by atoms with Crippen molar-refractivity contribution in [3.63, 3.8) is 0 Å². The number of rotatable bonds is 6. The molecule has 134 valence electrons. The van der Waals surface area contributed by atoms with Gasteiger partial charge in [0.1, 0.15) is 0 Å². The number of carbonyl (C=O) groups is 1. The van der Waals surface area contributed by atoms with E-state index >= 15 is 0 Å². The van der Waals surface area contributed by atoms with Gasteiger partial charge in [0.25, 0.3) is 0 Å². The molecule has 3 aromatic rings. The Hall–Kier alpha value is -3.42. The van der Waals surface area contributed by atoms with Crippen molar-refractivity contribution in [2.24, 2.45) is 0 Å². The molecule has 0 bridgehead atoms. The van der Waals surface area contributed by atoms with E-state index in [0.29, 0.717) is 24.5 Å². The van der Waals surface area contributed by atoms with E-state index in [4.69, 9.17) is 16.0 Å². The molecule has 0 atom stereocenters. The summed E-state index contributed by atoms with van der Waals surface area (Å²) in [6, 6.07) is 22.7. The molecule has 0 spiro atoms. The van der Waals surface area contributed by atoms with Gasteiger partial charge < -0.3 is 9.47 Å². The van der Waals surface area contributed by atoms with Crippen LogP contribution in [0.25, 0.3) is 16.0 Å². The minimum Gasteiger partial charge on any atom is -0.465 e. The fourth-order valence-electron chi connectivity index (χ4n) is 2.79. The highest BCUT2D eigenvalue weighted by atomic mass is 16.5. The summed E-state index contributed by atoms with van der Waals surface area (Å²) in [5.41, 5.74) is 4.70. The normalized spacial score (nSPS) is 10.2. The van der Waals surface area contributed by atoms with Gasteiger partial charge in [-0.25, -0.2) is 9.64 Å². The number of ether oxygens (including phenoxy) is 2. The first-order valence-corrected chi connectivity index (χ1v) is 8.51. The Morgan fingerprint density at radius 1 is 0.889 bits per heavy atom.